The number of hydrogen-bond donors (Lipinski definition) is 0. The van der Waals surface area contributed by atoms with Crippen molar-refractivity contribution in [2.45, 2.75) is 25.9 Å². The average molecular weight is 233 g/mol. The van der Waals surface area contributed by atoms with Crippen LogP contribution < -0.4 is 0 Å². The molecule has 0 aliphatic heterocycles. The summed E-state index contributed by atoms with van der Waals surface area (Å²) in [5.74, 6) is -0.269. The van der Waals surface area contributed by atoms with Gasteiger partial charge in [-0.1, -0.05) is 42.4 Å². The van der Waals surface area contributed by atoms with Crippen molar-refractivity contribution in [1.29, 1.82) is 0 Å². The second-order valence-corrected chi connectivity index (χ2v) is 3.55. The number of hydrogen-bond acceptors (Lipinski definition) is 3. The highest BCUT2D eigenvalue weighted by Crippen LogP contribution is 2.18. The van der Waals surface area contributed by atoms with Crippen LogP contribution in [0.2, 0.25) is 0 Å². The topological polar surface area (TPSA) is 75.1 Å². The highest BCUT2D eigenvalue weighted by molar-refractivity contribution is 5.69. The summed E-state index contributed by atoms with van der Waals surface area (Å²) in [6.45, 7) is 2.03. The van der Waals surface area contributed by atoms with Crippen molar-refractivity contribution < 1.29 is 9.53 Å². The van der Waals surface area contributed by atoms with Gasteiger partial charge in [-0.15, -0.1) is 0 Å². The molecule has 0 fully saturated rings. The van der Waals surface area contributed by atoms with Gasteiger partial charge in [-0.05, 0) is 17.5 Å². The first-order chi connectivity index (χ1) is 8.27. The van der Waals surface area contributed by atoms with Crippen LogP contribution in [0.1, 0.15) is 31.4 Å². The number of azide groups is 1. The van der Waals surface area contributed by atoms with Gasteiger partial charge in [0.05, 0.1) is 6.54 Å². The zero-order valence-electron chi connectivity index (χ0n) is 9.74. The number of carbonyl (C=O) groups is 1. The van der Waals surface area contributed by atoms with Crippen LogP contribution in [0.15, 0.2) is 35.4 Å². The van der Waals surface area contributed by atoms with Crippen molar-refractivity contribution >= 4 is 5.97 Å². The van der Waals surface area contributed by atoms with Crippen LogP contribution >= 0.6 is 0 Å². The van der Waals surface area contributed by atoms with Crippen LogP contribution in [0.5, 0.6) is 0 Å². The largest absolute Gasteiger partial charge is 0.457 e. The van der Waals surface area contributed by atoms with Crippen molar-refractivity contribution in [2.75, 3.05) is 6.54 Å². The molecule has 0 amide bonds. The van der Waals surface area contributed by atoms with Gasteiger partial charge < -0.3 is 4.74 Å². The highest BCUT2D eigenvalue weighted by Gasteiger charge is 2.14. The fourth-order valence-corrected chi connectivity index (χ4v) is 1.41. The highest BCUT2D eigenvalue weighted by atomic mass is 16.5. The molecule has 0 saturated heterocycles. The van der Waals surface area contributed by atoms with Gasteiger partial charge in [0.25, 0.3) is 0 Å². The lowest BCUT2D eigenvalue weighted by Gasteiger charge is -2.15. The molecule has 1 aromatic rings. The molecule has 0 spiro atoms. The summed E-state index contributed by atoms with van der Waals surface area (Å²) in [4.78, 5) is 14.1. The van der Waals surface area contributed by atoms with Crippen LogP contribution in [0.3, 0.4) is 0 Å². The Balaban J connectivity index is 2.73. The minimum Gasteiger partial charge on any atom is -0.457 e. The summed E-state index contributed by atoms with van der Waals surface area (Å²) in [7, 11) is 0. The summed E-state index contributed by atoms with van der Waals surface area (Å²) < 4.78 is 5.28. The zero-order valence-corrected chi connectivity index (χ0v) is 9.74. The molecule has 0 saturated carbocycles. The Kier molecular flexibility index (Phi) is 5.61. The molecule has 0 bridgehead atoms. The Bertz CT molecular complexity index is 399. The Hall–Kier alpha value is -2.00. The van der Waals surface area contributed by atoms with E-state index in [0.717, 1.165) is 12.0 Å². The predicted octanol–water partition coefficient (Wildman–Crippen LogP) is 3.38. The maximum Gasteiger partial charge on any atom is 0.306 e. The van der Waals surface area contributed by atoms with Crippen molar-refractivity contribution in [2.24, 2.45) is 5.11 Å². The molecule has 1 aromatic carbocycles. The van der Waals surface area contributed by atoms with Gasteiger partial charge in [0.15, 0.2) is 0 Å². The maximum atomic E-state index is 11.4. The Labute approximate surface area is 100 Å². The number of ether oxygens (including phenoxy) is 1. The standard InChI is InChI=1S/C12H15N3O2/c1-2-6-12(16)17-11(9-14-15-13)10-7-4-3-5-8-10/h3-5,7-8,11H,2,6,9H2,1H3. The lowest BCUT2D eigenvalue weighted by Crippen LogP contribution is -2.13. The zero-order chi connectivity index (χ0) is 12.5. The van der Waals surface area contributed by atoms with Crippen LogP contribution in [0.25, 0.3) is 10.4 Å². The monoisotopic (exact) mass is 233 g/mol. The first kappa shape index (κ1) is 13.1. The van der Waals surface area contributed by atoms with E-state index in [1.54, 1.807) is 0 Å². The van der Waals surface area contributed by atoms with E-state index in [4.69, 9.17) is 10.3 Å². The van der Waals surface area contributed by atoms with E-state index in [0.29, 0.717) is 6.42 Å². The second-order valence-electron chi connectivity index (χ2n) is 3.55. The van der Waals surface area contributed by atoms with Crippen LogP contribution in [0, 0.1) is 0 Å². The smallest absolute Gasteiger partial charge is 0.306 e. The van der Waals surface area contributed by atoms with Gasteiger partial charge in [-0.25, -0.2) is 0 Å². The molecule has 0 aromatic heterocycles. The molecular weight excluding hydrogens is 218 g/mol. The normalized spacial score (nSPS) is 11.4. The van der Waals surface area contributed by atoms with Gasteiger partial charge in [-0.2, -0.15) is 0 Å². The molecule has 90 valence electrons. The van der Waals surface area contributed by atoms with E-state index in [1.165, 1.54) is 0 Å². The van der Waals surface area contributed by atoms with E-state index in [2.05, 4.69) is 10.0 Å². The minimum absolute atomic E-state index is 0.121. The summed E-state index contributed by atoms with van der Waals surface area (Å²) in [5, 5.41) is 3.47. The number of esters is 1. The maximum absolute atomic E-state index is 11.4. The first-order valence-electron chi connectivity index (χ1n) is 5.53. The van der Waals surface area contributed by atoms with Crippen LogP contribution in [0.4, 0.5) is 0 Å². The Morgan fingerprint density at radius 3 is 2.76 bits per heavy atom. The van der Waals surface area contributed by atoms with Gasteiger partial charge >= 0.3 is 5.97 Å². The molecule has 1 atom stereocenters. The molecule has 0 aliphatic rings. The summed E-state index contributed by atoms with van der Waals surface area (Å²) in [6.07, 6.45) is 0.618. The third kappa shape index (κ3) is 4.57. The Morgan fingerprint density at radius 2 is 2.18 bits per heavy atom. The average Bonchev–Trinajstić information content (AvgIpc) is 2.36. The molecule has 0 radical (unpaired) electrons. The van der Waals surface area contributed by atoms with Crippen LogP contribution in [-0.2, 0) is 9.53 Å². The number of carbonyl (C=O) groups excluding carboxylic acids is 1. The molecule has 0 aliphatic carbocycles. The molecule has 5 heteroatoms. The van der Waals surface area contributed by atoms with E-state index < -0.39 is 6.10 Å². The molecule has 1 unspecified atom stereocenters. The van der Waals surface area contributed by atoms with E-state index in [9.17, 15) is 4.79 Å². The second kappa shape index (κ2) is 7.30. The third-order valence-electron chi connectivity index (χ3n) is 2.21. The third-order valence-corrected chi connectivity index (χ3v) is 2.21. The number of nitrogens with zero attached hydrogens (tertiary/aromatic N) is 3. The molecular formula is C12H15N3O2. The van der Waals surface area contributed by atoms with E-state index >= 15 is 0 Å². The summed E-state index contributed by atoms with van der Waals surface area (Å²) in [6, 6.07) is 9.27. The summed E-state index contributed by atoms with van der Waals surface area (Å²) in [5.41, 5.74) is 9.15. The fourth-order valence-electron chi connectivity index (χ4n) is 1.41. The van der Waals surface area contributed by atoms with Crippen molar-refractivity contribution in [3.63, 3.8) is 0 Å². The first-order valence-corrected chi connectivity index (χ1v) is 5.53. The molecule has 1 rings (SSSR count). The van der Waals surface area contributed by atoms with Crippen molar-refractivity contribution in [3.8, 4) is 0 Å². The van der Waals surface area contributed by atoms with Crippen molar-refractivity contribution in [3.05, 3.63) is 46.3 Å². The van der Waals surface area contributed by atoms with Gasteiger partial charge in [-0.3, -0.25) is 4.79 Å². The number of benzene rings is 1. The molecule has 0 N–H and O–H groups in total. The van der Waals surface area contributed by atoms with Crippen molar-refractivity contribution in [1.82, 2.24) is 0 Å². The van der Waals surface area contributed by atoms with Gasteiger partial charge in [0, 0.05) is 11.3 Å². The molecule has 5 nitrogen and oxygen atoms in total. The quantitative estimate of drug-likeness (QED) is 0.327. The fraction of sp³-hybridized carbons (Fsp3) is 0.417. The minimum atomic E-state index is -0.494. The van der Waals surface area contributed by atoms with Crippen LogP contribution in [-0.4, -0.2) is 12.5 Å². The van der Waals surface area contributed by atoms with Gasteiger partial charge in [0.1, 0.15) is 6.10 Å². The molecule has 0 heterocycles. The Morgan fingerprint density at radius 1 is 1.47 bits per heavy atom. The lowest BCUT2D eigenvalue weighted by atomic mass is 10.1. The SMILES string of the molecule is CCCC(=O)OC(CN=[N+]=[N-])c1ccccc1. The van der Waals surface area contributed by atoms with E-state index in [1.807, 2.05) is 37.3 Å². The molecule has 17 heavy (non-hydrogen) atoms. The predicted molar refractivity (Wildman–Crippen MR) is 64.2 cm³/mol. The lowest BCUT2D eigenvalue weighted by molar-refractivity contribution is -0.149. The van der Waals surface area contributed by atoms with Gasteiger partial charge in [0.2, 0.25) is 0 Å². The summed E-state index contributed by atoms with van der Waals surface area (Å²) >= 11 is 0. The van der Waals surface area contributed by atoms with E-state index in [-0.39, 0.29) is 12.5 Å². The number of rotatable bonds is 6.